The van der Waals surface area contributed by atoms with Crippen LogP contribution >= 0.6 is 0 Å². The first-order valence-electron chi connectivity index (χ1n) is 9.72. The van der Waals surface area contributed by atoms with Gasteiger partial charge in [-0.1, -0.05) is 12.1 Å². The quantitative estimate of drug-likeness (QED) is 0.891. The summed E-state index contributed by atoms with van der Waals surface area (Å²) in [4.78, 5) is 19.3. The van der Waals surface area contributed by atoms with E-state index in [1.807, 2.05) is 6.07 Å². The molecule has 0 unspecified atom stereocenters. The molecule has 0 aliphatic carbocycles. The number of fused-ring (bicyclic) bond motifs is 1. The fraction of sp³-hybridized carbons (Fsp3) is 0.600. The normalized spacial score (nSPS) is 22.1. The second kappa shape index (κ2) is 7.76. The number of aromatic nitrogens is 2. The Morgan fingerprint density at radius 1 is 1.27 bits per heavy atom. The van der Waals surface area contributed by atoms with Gasteiger partial charge < -0.3 is 14.6 Å². The van der Waals surface area contributed by atoms with Crippen molar-refractivity contribution in [2.24, 2.45) is 7.05 Å². The largest absolute Gasteiger partial charge is 0.376 e. The number of benzene rings is 1. The van der Waals surface area contributed by atoms with Crippen molar-refractivity contribution >= 4 is 16.9 Å². The summed E-state index contributed by atoms with van der Waals surface area (Å²) in [7, 11) is 2.11. The summed E-state index contributed by atoms with van der Waals surface area (Å²) in [5.41, 5.74) is 2.26. The molecule has 2 aliphatic rings. The molecule has 1 N–H and O–H groups in total. The van der Waals surface area contributed by atoms with E-state index in [1.165, 1.54) is 11.3 Å². The zero-order valence-corrected chi connectivity index (χ0v) is 15.5. The molecule has 2 aromatic rings. The number of nitrogens with zero attached hydrogens (tertiary/aromatic N) is 3. The zero-order valence-electron chi connectivity index (χ0n) is 15.5. The number of ether oxygens (including phenoxy) is 1. The SMILES string of the molecule is Cn1c(C2CCN(CC(=O)NC[C@H]3CCCO3)CC2)nc2ccccc21. The van der Waals surface area contributed by atoms with Crippen molar-refractivity contribution in [1.29, 1.82) is 0 Å². The third-order valence-corrected chi connectivity index (χ3v) is 5.69. The third-order valence-electron chi connectivity index (χ3n) is 5.69. The Kier molecular flexibility index (Phi) is 5.22. The first-order chi connectivity index (χ1) is 12.7. The first-order valence-corrected chi connectivity index (χ1v) is 9.72. The summed E-state index contributed by atoms with van der Waals surface area (Å²) < 4.78 is 7.78. The van der Waals surface area contributed by atoms with E-state index in [2.05, 4.69) is 40.0 Å². The molecule has 3 heterocycles. The maximum atomic E-state index is 12.2. The molecule has 0 saturated carbocycles. The Morgan fingerprint density at radius 2 is 2.08 bits per heavy atom. The van der Waals surface area contributed by atoms with Gasteiger partial charge in [-0.05, 0) is 50.9 Å². The van der Waals surface area contributed by atoms with Crippen LogP contribution in [0.3, 0.4) is 0 Å². The second-order valence-corrected chi connectivity index (χ2v) is 7.51. The lowest BCUT2D eigenvalue weighted by Gasteiger charge is -2.31. The number of hydrogen-bond donors (Lipinski definition) is 1. The standard InChI is InChI=1S/C20H28N4O2/c1-23-18-7-3-2-6-17(18)22-20(23)15-8-10-24(11-9-15)14-19(25)21-13-16-5-4-12-26-16/h2-3,6-7,15-16H,4-5,8-14H2,1H3,(H,21,25)/t16-/m1/s1. The number of rotatable bonds is 5. The van der Waals surface area contributed by atoms with Crippen LogP contribution in [0.1, 0.15) is 37.4 Å². The average molecular weight is 356 g/mol. The van der Waals surface area contributed by atoms with Crippen molar-refractivity contribution < 1.29 is 9.53 Å². The van der Waals surface area contributed by atoms with Crippen LogP contribution in [0.4, 0.5) is 0 Å². The molecule has 2 saturated heterocycles. The molecule has 6 heteroatoms. The van der Waals surface area contributed by atoms with Gasteiger partial charge in [0.2, 0.25) is 5.91 Å². The Hall–Kier alpha value is -1.92. The fourth-order valence-corrected chi connectivity index (χ4v) is 4.17. The summed E-state index contributed by atoms with van der Waals surface area (Å²) in [6.07, 6.45) is 4.48. The highest BCUT2D eigenvalue weighted by Gasteiger charge is 2.26. The van der Waals surface area contributed by atoms with Gasteiger partial charge in [0, 0.05) is 26.1 Å². The maximum Gasteiger partial charge on any atom is 0.234 e. The third kappa shape index (κ3) is 3.76. The van der Waals surface area contributed by atoms with E-state index in [1.54, 1.807) is 0 Å². The lowest BCUT2D eigenvalue weighted by molar-refractivity contribution is -0.123. The Bertz CT molecular complexity index is 758. The Morgan fingerprint density at radius 3 is 2.81 bits per heavy atom. The first kappa shape index (κ1) is 17.5. The van der Waals surface area contributed by atoms with E-state index < -0.39 is 0 Å². The number of nitrogens with one attached hydrogen (secondary N) is 1. The predicted molar refractivity (Wildman–Crippen MR) is 101 cm³/mol. The van der Waals surface area contributed by atoms with Crippen LogP contribution in [0.5, 0.6) is 0 Å². The molecule has 4 rings (SSSR count). The number of hydrogen-bond acceptors (Lipinski definition) is 4. The van der Waals surface area contributed by atoms with Gasteiger partial charge in [0.05, 0.1) is 23.7 Å². The molecular formula is C20H28N4O2. The van der Waals surface area contributed by atoms with E-state index in [0.29, 0.717) is 19.0 Å². The molecule has 0 radical (unpaired) electrons. The number of aryl methyl sites for hydroxylation is 1. The van der Waals surface area contributed by atoms with E-state index in [4.69, 9.17) is 9.72 Å². The van der Waals surface area contributed by atoms with Gasteiger partial charge in [0.15, 0.2) is 0 Å². The summed E-state index contributed by atoms with van der Waals surface area (Å²) in [6, 6.07) is 8.30. The van der Waals surface area contributed by atoms with Crippen LogP contribution in [-0.4, -0.2) is 59.2 Å². The molecule has 1 amide bonds. The van der Waals surface area contributed by atoms with Gasteiger partial charge in [0.1, 0.15) is 5.82 Å². The highest BCUT2D eigenvalue weighted by Crippen LogP contribution is 2.29. The molecule has 1 aromatic carbocycles. The second-order valence-electron chi connectivity index (χ2n) is 7.51. The lowest BCUT2D eigenvalue weighted by Crippen LogP contribution is -2.43. The fourth-order valence-electron chi connectivity index (χ4n) is 4.17. The number of carbonyl (C=O) groups excluding carboxylic acids is 1. The Balaban J connectivity index is 1.28. The molecule has 6 nitrogen and oxygen atoms in total. The molecule has 2 fully saturated rings. The lowest BCUT2D eigenvalue weighted by atomic mass is 9.96. The maximum absolute atomic E-state index is 12.2. The number of imidazole rings is 1. The minimum atomic E-state index is 0.113. The van der Waals surface area contributed by atoms with Gasteiger partial charge >= 0.3 is 0 Å². The van der Waals surface area contributed by atoms with Crippen LogP contribution in [0.2, 0.25) is 0 Å². The minimum absolute atomic E-state index is 0.113. The molecule has 1 atom stereocenters. The van der Waals surface area contributed by atoms with Crippen molar-refractivity contribution in [2.45, 2.75) is 37.7 Å². The number of piperidine rings is 1. The van der Waals surface area contributed by atoms with Crippen LogP contribution in [0, 0.1) is 0 Å². The van der Waals surface area contributed by atoms with Crippen molar-refractivity contribution in [1.82, 2.24) is 19.8 Å². The van der Waals surface area contributed by atoms with E-state index in [9.17, 15) is 4.79 Å². The van der Waals surface area contributed by atoms with Gasteiger partial charge in [-0.2, -0.15) is 0 Å². The summed E-state index contributed by atoms with van der Waals surface area (Å²) in [5.74, 6) is 1.76. The number of para-hydroxylation sites is 2. The van der Waals surface area contributed by atoms with Gasteiger partial charge in [0.25, 0.3) is 0 Å². The molecule has 0 spiro atoms. The number of likely N-dealkylation sites (tertiary alicyclic amines) is 1. The van der Waals surface area contributed by atoms with Crippen molar-refractivity contribution in [3.05, 3.63) is 30.1 Å². The molecule has 2 aliphatic heterocycles. The molecule has 26 heavy (non-hydrogen) atoms. The van der Waals surface area contributed by atoms with Gasteiger partial charge in [-0.15, -0.1) is 0 Å². The summed E-state index contributed by atoms with van der Waals surface area (Å²) in [5, 5.41) is 3.02. The Labute approximate surface area is 154 Å². The van der Waals surface area contributed by atoms with Gasteiger partial charge in [-0.3, -0.25) is 9.69 Å². The molecule has 0 bridgehead atoms. The molecule has 140 valence electrons. The molecular weight excluding hydrogens is 328 g/mol. The van der Waals surface area contributed by atoms with Crippen LogP contribution in [0.25, 0.3) is 11.0 Å². The van der Waals surface area contributed by atoms with Crippen molar-refractivity contribution in [3.63, 3.8) is 0 Å². The van der Waals surface area contributed by atoms with E-state index in [-0.39, 0.29) is 12.0 Å². The van der Waals surface area contributed by atoms with E-state index in [0.717, 1.165) is 50.9 Å². The van der Waals surface area contributed by atoms with Gasteiger partial charge in [-0.25, -0.2) is 4.98 Å². The number of amides is 1. The van der Waals surface area contributed by atoms with Crippen LogP contribution < -0.4 is 5.32 Å². The minimum Gasteiger partial charge on any atom is -0.376 e. The topological polar surface area (TPSA) is 59.4 Å². The van der Waals surface area contributed by atoms with E-state index >= 15 is 0 Å². The van der Waals surface area contributed by atoms with Crippen molar-refractivity contribution in [3.8, 4) is 0 Å². The zero-order chi connectivity index (χ0) is 17.9. The highest BCUT2D eigenvalue weighted by molar-refractivity contribution is 5.78. The van der Waals surface area contributed by atoms with Crippen LogP contribution in [0.15, 0.2) is 24.3 Å². The smallest absolute Gasteiger partial charge is 0.234 e. The summed E-state index contributed by atoms with van der Waals surface area (Å²) in [6.45, 7) is 3.86. The predicted octanol–water partition coefficient (Wildman–Crippen LogP) is 2.05. The number of carbonyl (C=O) groups is 1. The molecule has 1 aromatic heterocycles. The average Bonchev–Trinajstić information content (AvgIpc) is 3.29. The summed E-state index contributed by atoms with van der Waals surface area (Å²) >= 11 is 0. The highest BCUT2D eigenvalue weighted by atomic mass is 16.5. The monoisotopic (exact) mass is 356 g/mol. The van der Waals surface area contributed by atoms with Crippen LogP contribution in [-0.2, 0) is 16.6 Å². The van der Waals surface area contributed by atoms with Crippen molar-refractivity contribution in [2.75, 3.05) is 32.8 Å².